The third-order valence-electron chi connectivity index (χ3n) is 5.33. The fourth-order valence-electron chi connectivity index (χ4n) is 3.49. The maximum Gasteiger partial charge on any atom is 0.264 e. The molecule has 0 unspecified atom stereocenters. The monoisotopic (exact) mass is 478 g/mol. The van der Waals surface area contributed by atoms with Gasteiger partial charge in [0.25, 0.3) is 5.89 Å². The minimum Gasteiger partial charge on any atom is -0.454 e. The van der Waals surface area contributed by atoms with E-state index < -0.39 is 0 Å². The van der Waals surface area contributed by atoms with Crippen LogP contribution in [0.15, 0.2) is 52.0 Å². The highest BCUT2D eigenvalue weighted by atomic mass is 32.2. The standard InChI is InChI=1S/C23H22N6O4S/c1-13-3-5-14(6-4-13)10-25-18(30)11-29-20(24)19(23(27-29)34-2)22-26-21(28-33-22)15-7-8-16-17(9-15)32-12-31-16/h3-9H,10-12,24H2,1-2H3,(H,25,30). The lowest BCUT2D eigenvalue weighted by Gasteiger charge is -2.07. The number of anilines is 1. The number of carbonyl (C=O) groups is 1. The van der Waals surface area contributed by atoms with Crippen LogP contribution in [0.25, 0.3) is 22.8 Å². The molecule has 174 valence electrons. The number of benzene rings is 2. The van der Waals surface area contributed by atoms with E-state index in [1.807, 2.05) is 43.5 Å². The van der Waals surface area contributed by atoms with Crippen molar-refractivity contribution in [3.8, 4) is 34.3 Å². The maximum absolute atomic E-state index is 12.5. The molecule has 0 radical (unpaired) electrons. The molecule has 0 saturated heterocycles. The minimum atomic E-state index is -0.208. The molecule has 3 N–H and O–H groups in total. The first-order valence-electron chi connectivity index (χ1n) is 10.5. The number of rotatable bonds is 7. The normalized spacial score (nSPS) is 12.2. The molecule has 1 amide bonds. The summed E-state index contributed by atoms with van der Waals surface area (Å²) in [6, 6.07) is 13.4. The summed E-state index contributed by atoms with van der Waals surface area (Å²) in [5, 5.41) is 12.0. The topological polar surface area (TPSA) is 130 Å². The van der Waals surface area contributed by atoms with E-state index in [9.17, 15) is 4.79 Å². The van der Waals surface area contributed by atoms with Crippen LogP contribution in [0.4, 0.5) is 5.82 Å². The van der Waals surface area contributed by atoms with Crippen LogP contribution >= 0.6 is 11.8 Å². The number of fused-ring (bicyclic) bond motifs is 1. The van der Waals surface area contributed by atoms with Crippen molar-refractivity contribution in [1.82, 2.24) is 25.2 Å². The number of hydrogen-bond acceptors (Lipinski definition) is 9. The number of aryl methyl sites for hydroxylation is 1. The van der Waals surface area contributed by atoms with Crippen molar-refractivity contribution in [1.29, 1.82) is 0 Å². The first-order chi connectivity index (χ1) is 16.5. The van der Waals surface area contributed by atoms with Crippen molar-refractivity contribution in [3.63, 3.8) is 0 Å². The van der Waals surface area contributed by atoms with Gasteiger partial charge in [0.05, 0.1) is 0 Å². The van der Waals surface area contributed by atoms with Gasteiger partial charge in [0.2, 0.25) is 18.5 Å². The summed E-state index contributed by atoms with van der Waals surface area (Å²) in [5.74, 6) is 1.96. The molecule has 0 aliphatic carbocycles. The third kappa shape index (κ3) is 4.29. The van der Waals surface area contributed by atoms with Crippen LogP contribution in [-0.4, -0.2) is 38.9 Å². The lowest BCUT2D eigenvalue weighted by atomic mass is 10.1. The Bertz CT molecular complexity index is 1350. The number of nitrogens with two attached hydrogens (primary N) is 1. The lowest BCUT2D eigenvalue weighted by molar-refractivity contribution is -0.122. The molecule has 2 aromatic heterocycles. The minimum absolute atomic E-state index is 0.0333. The van der Waals surface area contributed by atoms with Crippen molar-refractivity contribution in [3.05, 3.63) is 53.6 Å². The zero-order valence-electron chi connectivity index (χ0n) is 18.6. The molecule has 0 bridgehead atoms. The first-order valence-corrected chi connectivity index (χ1v) is 11.7. The number of nitrogens with one attached hydrogen (secondary N) is 1. The van der Waals surface area contributed by atoms with Gasteiger partial charge in [-0.15, -0.1) is 11.8 Å². The predicted octanol–water partition coefficient (Wildman–Crippen LogP) is 3.26. The Morgan fingerprint density at radius 1 is 1.18 bits per heavy atom. The molecule has 11 heteroatoms. The van der Waals surface area contributed by atoms with Crippen LogP contribution in [0.5, 0.6) is 11.5 Å². The van der Waals surface area contributed by atoms with Crippen LogP contribution in [0, 0.1) is 6.92 Å². The summed E-state index contributed by atoms with van der Waals surface area (Å²) in [5.41, 5.74) is 9.74. The van der Waals surface area contributed by atoms with Crippen molar-refractivity contribution in [2.24, 2.45) is 0 Å². The molecular weight excluding hydrogens is 456 g/mol. The molecule has 1 aliphatic rings. The molecular formula is C23H22N6O4S. The van der Waals surface area contributed by atoms with Crippen LogP contribution < -0.4 is 20.5 Å². The Hall–Kier alpha value is -3.99. The highest BCUT2D eigenvalue weighted by molar-refractivity contribution is 7.98. The van der Waals surface area contributed by atoms with Crippen LogP contribution in [0.1, 0.15) is 11.1 Å². The van der Waals surface area contributed by atoms with Gasteiger partial charge in [-0.05, 0) is 36.9 Å². The summed E-state index contributed by atoms with van der Waals surface area (Å²) >= 11 is 1.38. The SMILES string of the molecule is CSc1nn(CC(=O)NCc2ccc(C)cc2)c(N)c1-c1nc(-c2ccc3c(c2)OCO3)no1. The molecule has 0 atom stereocenters. The van der Waals surface area contributed by atoms with E-state index in [0.717, 1.165) is 5.56 Å². The molecule has 5 rings (SSSR count). The average Bonchev–Trinajstić information content (AvgIpc) is 3.57. The van der Waals surface area contributed by atoms with Crippen molar-refractivity contribution in [2.75, 3.05) is 18.8 Å². The maximum atomic E-state index is 12.5. The van der Waals surface area contributed by atoms with Gasteiger partial charge < -0.3 is 25.0 Å². The number of hydrogen-bond donors (Lipinski definition) is 2. The average molecular weight is 479 g/mol. The van der Waals surface area contributed by atoms with Gasteiger partial charge >= 0.3 is 0 Å². The van der Waals surface area contributed by atoms with Crippen LogP contribution in [0.3, 0.4) is 0 Å². The highest BCUT2D eigenvalue weighted by Gasteiger charge is 2.24. The van der Waals surface area contributed by atoms with Crippen molar-refractivity contribution < 1.29 is 18.8 Å². The van der Waals surface area contributed by atoms with E-state index in [1.165, 1.54) is 22.0 Å². The Kier molecular flexibility index (Phi) is 5.84. The van der Waals surface area contributed by atoms with Gasteiger partial charge in [0.15, 0.2) is 11.5 Å². The molecule has 2 aromatic carbocycles. The van der Waals surface area contributed by atoms with Crippen molar-refractivity contribution in [2.45, 2.75) is 25.0 Å². The number of nitrogens with zero attached hydrogens (tertiary/aromatic N) is 4. The Balaban J connectivity index is 1.33. The Labute approximate surface area is 199 Å². The van der Waals surface area contributed by atoms with Gasteiger partial charge in [-0.25, -0.2) is 4.68 Å². The van der Waals surface area contributed by atoms with E-state index in [1.54, 1.807) is 12.1 Å². The van der Waals surface area contributed by atoms with Gasteiger partial charge in [-0.1, -0.05) is 35.0 Å². The zero-order valence-corrected chi connectivity index (χ0v) is 19.4. The van der Waals surface area contributed by atoms with Crippen LogP contribution in [0.2, 0.25) is 0 Å². The van der Waals surface area contributed by atoms with Crippen molar-refractivity contribution >= 4 is 23.5 Å². The Morgan fingerprint density at radius 2 is 1.97 bits per heavy atom. The summed E-state index contributed by atoms with van der Waals surface area (Å²) in [6.07, 6.45) is 1.86. The van der Waals surface area contributed by atoms with Gasteiger partial charge in [-0.2, -0.15) is 10.1 Å². The van der Waals surface area contributed by atoms with E-state index in [-0.39, 0.29) is 31.0 Å². The van der Waals surface area contributed by atoms with E-state index in [2.05, 4.69) is 20.6 Å². The molecule has 0 fully saturated rings. The van der Waals surface area contributed by atoms with E-state index in [0.29, 0.717) is 40.0 Å². The first kappa shape index (κ1) is 21.8. The lowest BCUT2D eigenvalue weighted by Crippen LogP contribution is -2.28. The molecule has 10 nitrogen and oxygen atoms in total. The number of thioether (sulfide) groups is 1. The summed E-state index contributed by atoms with van der Waals surface area (Å²) in [7, 11) is 0. The molecule has 4 aromatic rings. The molecule has 0 spiro atoms. The second-order valence-electron chi connectivity index (χ2n) is 7.68. The smallest absolute Gasteiger partial charge is 0.264 e. The number of nitrogen functional groups attached to an aromatic ring is 1. The molecule has 3 heterocycles. The number of amides is 1. The molecule has 34 heavy (non-hydrogen) atoms. The zero-order chi connectivity index (χ0) is 23.7. The highest BCUT2D eigenvalue weighted by Crippen LogP contribution is 2.37. The van der Waals surface area contributed by atoms with E-state index in [4.69, 9.17) is 19.7 Å². The molecule has 0 saturated carbocycles. The van der Waals surface area contributed by atoms with Crippen LogP contribution in [-0.2, 0) is 17.9 Å². The third-order valence-corrected chi connectivity index (χ3v) is 6.00. The van der Waals surface area contributed by atoms with Gasteiger partial charge in [0, 0.05) is 12.1 Å². The largest absolute Gasteiger partial charge is 0.454 e. The fraction of sp³-hybridized carbons (Fsp3) is 0.217. The van der Waals surface area contributed by atoms with Gasteiger partial charge in [-0.3, -0.25) is 4.79 Å². The predicted molar refractivity (Wildman–Crippen MR) is 126 cm³/mol. The second kappa shape index (κ2) is 9.10. The number of carbonyl (C=O) groups excluding carboxylic acids is 1. The fourth-order valence-corrected chi connectivity index (χ4v) is 4.07. The number of ether oxygens (including phenoxy) is 2. The Morgan fingerprint density at radius 3 is 2.76 bits per heavy atom. The summed E-state index contributed by atoms with van der Waals surface area (Å²) in [6.45, 7) is 2.59. The molecule has 1 aliphatic heterocycles. The summed E-state index contributed by atoms with van der Waals surface area (Å²) in [4.78, 5) is 17.0. The summed E-state index contributed by atoms with van der Waals surface area (Å²) < 4.78 is 17.7. The number of aromatic nitrogens is 4. The second-order valence-corrected chi connectivity index (χ2v) is 8.48. The van der Waals surface area contributed by atoms with Gasteiger partial charge in [0.1, 0.15) is 23.0 Å². The van der Waals surface area contributed by atoms with E-state index >= 15 is 0 Å². The quantitative estimate of drug-likeness (QED) is 0.384.